The first-order chi connectivity index (χ1) is 16.4. The summed E-state index contributed by atoms with van der Waals surface area (Å²) in [6.45, 7) is 6.36. The molecule has 7 nitrogen and oxygen atoms in total. The fourth-order valence-electron chi connectivity index (χ4n) is 4.32. The van der Waals surface area contributed by atoms with Crippen LogP contribution in [0, 0.1) is 5.92 Å². The molecule has 1 aliphatic heterocycles. The van der Waals surface area contributed by atoms with Gasteiger partial charge in [-0.25, -0.2) is 0 Å². The molecule has 2 aromatic rings. The van der Waals surface area contributed by atoms with Crippen LogP contribution in [0.4, 0.5) is 0 Å². The Morgan fingerprint density at radius 3 is 1.97 bits per heavy atom. The number of amides is 2. The first-order valence-corrected chi connectivity index (χ1v) is 12.0. The Bertz CT molecular complexity index is 922. The number of carbonyl (C=O) groups is 2. The van der Waals surface area contributed by atoms with Gasteiger partial charge in [-0.3, -0.25) is 14.5 Å². The van der Waals surface area contributed by atoms with Crippen LogP contribution in [0.1, 0.15) is 55.1 Å². The quantitative estimate of drug-likeness (QED) is 0.556. The number of likely N-dealkylation sites (tertiary alicyclic amines) is 1. The van der Waals surface area contributed by atoms with Crippen LogP contribution in [0.25, 0.3) is 0 Å². The first-order valence-electron chi connectivity index (χ1n) is 12.0. The van der Waals surface area contributed by atoms with Gasteiger partial charge in [-0.1, -0.05) is 32.4 Å². The van der Waals surface area contributed by atoms with E-state index in [1.807, 2.05) is 26.0 Å². The van der Waals surface area contributed by atoms with Crippen molar-refractivity contribution in [2.45, 2.75) is 45.2 Å². The van der Waals surface area contributed by atoms with Crippen molar-refractivity contribution >= 4 is 11.8 Å². The third-order valence-electron chi connectivity index (χ3n) is 6.39. The van der Waals surface area contributed by atoms with Crippen LogP contribution >= 0.6 is 0 Å². The maximum Gasteiger partial charge on any atom is 0.251 e. The molecule has 2 atom stereocenters. The van der Waals surface area contributed by atoms with E-state index in [-0.39, 0.29) is 23.8 Å². The lowest BCUT2D eigenvalue weighted by Crippen LogP contribution is -2.51. The number of methoxy groups -OCH3 is 2. The largest absolute Gasteiger partial charge is 0.497 e. The van der Waals surface area contributed by atoms with E-state index in [4.69, 9.17) is 9.47 Å². The molecule has 1 fully saturated rings. The van der Waals surface area contributed by atoms with Gasteiger partial charge in [-0.05, 0) is 73.8 Å². The average Bonchev–Trinajstić information content (AvgIpc) is 2.88. The molecule has 3 rings (SSSR count). The lowest BCUT2D eigenvalue weighted by Gasteiger charge is -2.35. The highest BCUT2D eigenvalue weighted by Crippen LogP contribution is 2.26. The van der Waals surface area contributed by atoms with Crippen LogP contribution in [-0.2, 0) is 4.79 Å². The molecule has 1 heterocycles. The van der Waals surface area contributed by atoms with E-state index in [9.17, 15) is 9.59 Å². The van der Waals surface area contributed by atoms with Crippen LogP contribution in [0.15, 0.2) is 48.5 Å². The first kappa shape index (κ1) is 25.6. The molecule has 2 aromatic carbocycles. The standard InChI is InChI=1S/C27H37N3O4/c1-19(2)25(29-26(31)21-10-14-23(34-4)15-11-21)27(32)28-18-24(30-16-6-5-7-17-30)20-8-12-22(33-3)13-9-20/h8-15,19,24-25H,5-7,16-18H2,1-4H3,(H,28,32)(H,29,31)/t24-,25+/m0/s1. The monoisotopic (exact) mass is 467 g/mol. The SMILES string of the molecule is COc1ccc(C(=O)N[C@@H](C(=O)NC[C@@H](c2ccc(OC)cc2)N2CCCCC2)C(C)C)cc1. The van der Waals surface area contributed by atoms with Gasteiger partial charge < -0.3 is 20.1 Å². The summed E-state index contributed by atoms with van der Waals surface area (Å²) in [6, 6.07) is 14.3. The number of carbonyl (C=O) groups excluding carboxylic acids is 2. The van der Waals surface area contributed by atoms with Gasteiger partial charge in [0.1, 0.15) is 17.5 Å². The van der Waals surface area contributed by atoms with E-state index < -0.39 is 6.04 Å². The normalized spacial score (nSPS) is 15.9. The van der Waals surface area contributed by atoms with Crippen LogP contribution in [0.5, 0.6) is 11.5 Å². The molecule has 7 heteroatoms. The number of rotatable bonds is 10. The average molecular weight is 468 g/mol. The minimum absolute atomic E-state index is 0.0587. The highest BCUT2D eigenvalue weighted by atomic mass is 16.5. The molecule has 2 amide bonds. The molecule has 1 aliphatic rings. The zero-order valence-corrected chi connectivity index (χ0v) is 20.7. The van der Waals surface area contributed by atoms with E-state index >= 15 is 0 Å². The Morgan fingerprint density at radius 1 is 0.882 bits per heavy atom. The number of hydrogen-bond acceptors (Lipinski definition) is 5. The fraction of sp³-hybridized carbons (Fsp3) is 0.481. The molecule has 0 saturated carbocycles. The third-order valence-corrected chi connectivity index (χ3v) is 6.39. The topological polar surface area (TPSA) is 79.9 Å². The van der Waals surface area contributed by atoms with E-state index in [1.54, 1.807) is 38.5 Å². The Hall–Kier alpha value is -3.06. The van der Waals surface area contributed by atoms with Crippen molar-refractivity contribution in [2.75, 3.05) is 33.9 Å². The summed E-state index contributed by atoms with van der Waals surface area (Å²) in [4.78, 5) is 28.4. The number of nitrogens with zero attached hydrogens (tertiary/aromatic N) is 1. The van der Waals surface area contributed by atoms with Crippen molar-refractivity contribution < 1.29 is 19.1 Å². The van der Waals surface area contributed by atoms with Gasteiger partial charge in [0, 0.05) is 12.1 Å². The number of hydrogen-bond donors (Lipinski definition) is 2. The van der Waals surface area contributed by atoms with Crippen molar-refractivity contribution in [3.63, 3.8) is 0 Å². The van der Waals surface area contributed by atoms with E-state index in [2.05, 4.69) is 27.7 Å². The molecule has 184 valence electrons. The van der Waals surface area contributed by atoms with Gasteiger partial charge >= 0.3 is 0 Å². The summed E-state index contributed by atoms with van der Waals surface area (Å²) in [6.07, 6.45) is 3.56. The predicted molar refractivity (Wildman–Crippen MR) is 133 cm³/mol. The molecule has 0 unspecified atom stereocenters. The van der Waals surface area contributed by atoms with Crippen molar-refractivity contribution in [3.05, 3.63) is 59.7 Å². The van der Waals surface area contributed by atoms with Crippen molar-refractivity contribution in [1.29, 1.82) is 0 Å². The van der Waals surface area contributed by atoms with Crippen molar-refractivity contribution in [2.24, 2.45) is 5.92 Å². The maximum absolute atomic E-state index is 13.2. The Morgan fingerprint density at radius 2 is 1.44 bits per heavy atom. The number of piperidine rings is 1. The highest BCUT2D eigenvalue weighted by molar-refractivity contribution is 5.97. The highest BCUT2D eigenvalue weighted by Gasteiger charge is 2.27. The Labute approximate surface area is 202 Å². The molecule has 0 radical (unpaired) electrons. The maximum atomic E-state index is 13.2. The van der Waals surface area contributed by atoms with E-state index in [0.29, 0.717) is 17.9 Å². The zero-order valence-electron chi connectivity index (χ0n) is 20.7. The van der Waals surface area contributed by atoms with Crippen molar-refractivity contribution in [3.8, 4) is 11.5 Å². The van der Waals surface area contributed by atoms with Gasteiger partial charge in [0.2, 0.25) is 5.91 Å². The van der Waals surface area contributed by atoms with Gasteiger partial charge in [0.15, 0.2) is 0 Å². The minimum atomic E-state index is -0.632. The third kappa shape index (κ3) is 6.73. The van der Waals surface area contributed by atoms with Crippen LogP contribution in [0.3, 0.4) is 0 Å². The number of nitrogens with one attached hydrogen (secondary N) is 2. The summed E-state index contributed by atoms with van der Waals surface area (Å²) in [5, 5.41) is 6.02. The molecule has 34 heavy (non-hydrogen) atoms. The lowest BCUT2D eigenvalue weighted by molar-refractivity contribution is -0.124. The van der Waals surface area contributed by atoms with E-state index in [1.165, 1.54) is 6.42 Å². The van der Waals surface area contributed by atoms with Gasteiger partial charge in [0.05, 0.1) is 20.3 Å². The lowest BCUT2D eigenvalue weighted by atomic mass is 10.00. The van der Waals surface area contributed by atoms with Crippen LogP contribution < -0.4 is 20.1 Å². The number of ether oxygens (including phenoxy) is 2. The van der Waals surface area contributed by atoms with E-state index in [0.717, 1.165) is 37.2 Å². The minimum Gasteiger partial charge on any atom is -0.497 e. The number of benzene rings is 2. The van der Waals surface area contributed by atoms with Crippen molar-refractivity contribution in [1.82, 2.24) is 15.5 Å². The molecule has 0 aliphatic carbocycles. The van der Waals surface area contributed by atoms with Crippen LogP contribution in [-0.4, -0.2) is 56.6 Å². The smallest absolute Gasteiger partial charge is 0.251 e. The van der Waals surface area contributed by atoms with Crippen LogP contribution in [0.2, 0.25) is 0 Å². The second-order valence-corrected chi connectivity index (χ2v) is 9.05. The summed E-state index contributed by atoms with van der Waals surface area (Å²) in [5.74, 6) is 0.978. The zero-order chi connectivity index (χ0) is 24.5. The molecular weight excluding hydrogens is 430 g/mol. The Kier molecular flexibility index (Phi) is 9.33. The summed E-state index contributed by atoms with van der Waals surface area (Å²) >= 11 is 0. The second kappa shape index (κ2) is 12.4. The molecular formula is C27H37N3O4. The summed E-state index contributed by atoms with van der Waals surface area (Å²) in [7, 11) is 3.24. The predicted octanol–water partition coefficient (Wildman–Crippen LogP) is 3.80. The Balaban J connectivity index is 1.68. The summed E-state index contributed by atoms with van der Waals surface area (Å²) < 4.78 is 10.5. The molecule has 0 aromatic heterocycles. The fourth-order valence-corrected chi connectivity index (χ4v) is 4.32. The van der Waals surface area contributed by atoms with Gasteiger partial charge in [0.25, 0.3) is 5.91 Å². The van der Waals surface area contributed by atoms with Gasteiger partial charge in [-0.2, -0.15) is 0 Å². The molecule has 0 bridgehead atoms. The molecule has 0 spiro atoms. The molecule has 1 saturated heterocycles. The molecule has 2 N–H and O–H groups in total. The van der Waals surface area contributed by atoms with Gasteiger partial charge in [-0.15, -0.1) is 0 Å². The summed E-state index contributed by atoms with van der Waals surface area (Å²) in [5.41, 5.74) is 1.63. The second-order valence-electron chi connectivity index (χ2n) is 9.05.